The highest BCUT2D eigenvalue weighted by atomic mass is 35.5. The highest BCUT2D eigenvalue weighted by molar-refractivity contribution is 6.28. The van der Waals surface area contributed by atoms with Gasteiger partial charge in [-0.15, -0.1) is 0 Å². The average Bonchev–Trinajstić information content (AvgIpc) is 3.31. The minimum Gasteiger partial charge on any atom is -0.346 e. The van der Waals surface area contributed by atoms with Crippen molar-refractivity contribution in [3.63, 3.8) is 0 Å². The van der Waals surface area contributed by atoms with Crippen LogP contribution in [-0.4, -0.2) is 24.7 Å². The fraction of sp³-hybridized carbons (Fsp3) is 0.412. The molecule has 0 bridgehead atoms. The fourth-order valence-electron chi connectivity index (χ4n) is 3.69. The molecule has 3 aromatic rings. The lowest BCUT2D eigenvalue weighted by Gasteiger charge is -2.21. The Kier molecular flexibility index (Phi) is 3.95. The van der Waals surface area contributed by atoms with Crippen molar-refractivity contribution in [1.82, 2.24) is 24.7 Å². The summed E-state index contributed by atoms with van der Waals surface area (Å²) in [5.41, 5.74) is 2.37. The third kappa shape index (κ3) is 2.65. The van der Waals surface area contributed by atoms with Crippen LogP contribution in [-0.2, 0) is 0 Å². The number of rotatable bonds is 4. The van der Waals surface area contributed by atoms with Crippen LogP contribution in [0.3, 0.4) is 0 Å². The van der Waals surface area contributed by atoms with Crippen LogP contribution in [0.25, 0.3) is 22.3 Å². The van der Waals surface area contributed by atoms with Gasteiger partial charge in [0.1, 0.15) is 5.65 Å². The molecule has 1 N–H and O–H groups in total. The smallest absolute Gasteiger partial charge is 0.224 e. The quantitative estimate of drug-likeness (QED) is 0.724. The topological polar surface area (TPSA) is 83.2 Å². The Balaban J connectivity index is 1.73. The van der Waals surface area contributed by atoms with Gasteiger partial charge < -0.3 is 4.98 Å². The third-order valence-electron chi connectivity index (χ3n) is 4.85. The SMILES string of the molecule is N#CC[C@@H](C1CCCC1)n1cc(-c2nc(Cl)nc3[nH]ccc23)cn1. The number of aromatic amines is 1. The molecule has 1 saturated carbocycles. The van der Waals surface area contributed by atoms with Gasteiger partial charge in [-0.3, -0.25) is 4.68 Å². The molecule has 1 atom stereocenters. The minimum absolute atomic E-state index is 0.130. The second kappa shape index (κ2) is 6.25. The lowest BCUT2D eigenvalue weighted by atomic mass is 9.96. The van der Waals surface area contributed by atoms with Crippen LogP contribution in [0.1, 0.15) is 38.1 Å². The summed E-state index contributed by atoms with van der Waals surface area (Å²) >= 11 is 6.04. The Morgan fingerprint density at radius 3 is 3.00 bits per heavy atom. The molecule has 0 spiro atoms. The van der Waals surface area contributed by atoms with Crippen LogP contribution < -0.4 is 0 Å². The van der Waals surface area contributed by atoms with Crippen LogP contribution >= 0.6 is 11.6 Å². The van der Waals surface area contributed by atoms with Crippen molar-refractivity contribution in [1.29, 1.82) is 5.26 Å². The van der Waals surface area contributed by atoms with Gasteiger partial charge >= 0.3 is 0 Å². The van der Waals surface area contributed by atoms with Crippen molar-refractivity contribution in [3.05, 3.63) is 29.9 Å². The molecule has 24 heavy (non-hydrogen) atoms. The Morgan fingerprint density at radius 1 is 1.38 bits per heavy atom. The lowest BCUT2D eigenvalue weighted by molar-refractivity contribution is 0.315. The number of nitrogens with zero attached hydrogens (tertiary/aromatic N) is 5. The predicted molar refractivity (Wildman–Crippen MR) is 91.3 cm³/mol. The first-order valence-corrected chi connectivity index (χ1v) is 8.56. The van der Waals surface area contributed by atoms with Crippen molar-refractivity contribution in [2.24, 2.45) is 5.92 Å². The maximum atomic E-state index is 9.20. The summed E-state index contributed by atoms with van der Waals surface area (Å²) in [5, 5.41) is 14.8. The number of hydrogen-bond acceptors (Lipinski definition) is 4. The van der Waals surface area contributed by atoms with Crippen LogP contribution in [0.15, 0.2) is 24.7 Å². The zero-order valence-electron chi connectivity index (χ0n) is 13.1. The predicted octanol–water partition coefficient (Wildman–Crippen LogP) is 4.12. The van der Waals surface area contributed by atoms with E-state index in [1.807, 2.05) is 23.1 Å². The number of fused-ring (bicyclic) bond motifs is 1. The molecule has 7 heteroatoms. The van der Waals surface area contributed by atoms with Crippen molar-refractivity contribution in [3.8, 4) is 17.3 Å². The summed E-state index contributed by atoms with van der Waals surface area (Å²) in [7, 11) is 0. The molecule has 4 rings (SSSR count). The van der Waals surface area contributed by atoms with E-state index in [1.165, 1.54) is 25.7 Å². The standard InChI is InChI=1S/C17H17ClN6/c18-17-22-15(13-6-8-20-16(13)23-17)12-9-21-24(10-12)14(5-7-19)11-3-1-2-4-11/h6,8-11,14H,1-5H2,(H,20,22,23)/t14-/m0/s1. The summed E-state index contributed by atoms with van der Waals surface area (Å²) in [6.07, 6.45) is 10.9. The van der Waals surface area contributed by atoms with Crippen molar-refractivity contribution in [2.45, 2.75) is 38.1 Å². The minimum atomic E-state index is 0.130. The number of hydrogen-bond donors (Lipinski definition) is 1. The highest BCUT2D eigenvalue weighted by Gasteiger charge is 2.27. The Morgan fingerprint density at radius 2 is 2.21 bits per heavy atom. The highest BCUT2D eigenvalue weighted by Crippen LogP contribution is 2.36. The Labute approximate surface area is 144 Å². The Hall–Kier alpha value is -2.39. The van der Waals surface area contributed by atoms with Gasteiger partial charge in [0.05, 0.1) is 30.4 Å². The lowest BCUT2D eigenvalue weighted by Crippen LogP contribution is -2.17. The molecule has 0 saturated heterocycles. The van der Waals surface area contributed by atoms with Gasteiger partial charge in [-0.2, -0.15) is 15.3 Å². The molecule has 3 heterocycles. The number of nitriles is 1. The molecule has 122 valence electrons. The van der Waals surface area contributed by atoms with Gasteiger partial charge in [-0.25, -0.2) is 4.98 Å². The maximum absolute atomic E-state index is 9.20. The summed E-state index contributed by atoms with van der Waals surface area (Å²) in [6, 6.07) is 4.38. The van der Waals surface area contributed by atoms with E-state index in [9.17, 15) is 5.26 Å². The molecular formula is C17H17ClN6. The molecule has 0 radical (unpaired) electrons. The maximum Gasteiger partial charge on any atom is 0.224 e. The first kappa shape index (κ1) is 15.2. The van der Waals surface area contributed by atoms with Crippen LogP contribution in [0.2, 0.25) is 5.28 Å². The van der Waals surface area contributed by atoms with E-state index in [-0.39, 0.29) is 11.3 Å². The van der Waals surface area contributed by atoms with E-state index >= 15 is 0 Å². The zero-order valence-corrected chi connectivity index (χ0v) is 13.9. The van der Waals surface area contributed by atoms with E-state index < -0.39 is 0 Å². The summed E-state index contributed by atoms with van der Waals surface area (Å²) in [5.74, 6) is 0.527. The number of halogens is 1. The van der Waals surface area contributed by atoms with Crippen LogP contribution in [0.4, 0.5) is 0 Å². The first-order chi connectivity index (χ1) is 11.8. The first-order valence-electron chi connectivity index (χ1n) is 8.18. The molecule has 1 aliphatic carbocycles. The normalized spacial score (nSPS) is 16.5. The molecule has 3 aromatic heterocycles. The van der Waals surface area contributed by atoms with E-state index in [4.69, 9.17) is 11.6 Å². The molecule has 1 fully saturated rings. The number of nitrogens with one attached hydrogen (secondary N) is 1. The van der Waals surface area contributed by atoms with Crippen molar-refractivity contribution < 1.29 is 0 Å². The average molecular weight is 341 g/mol. The van der Waals surface area contributed by atoms with E-state index in [0.29, 0.717) is 18.0 Å². The molecule has 0 aliphatic heterocycles. The second-order valence-electron chi connectivity index (χ2n) is 6.26. The summed E-state index contributed by atoms with van der Waals surface area (Å²) in [4.78, 5) is 11.6. The monoisotopic (exact) mass is 340 g/mol. The van der Waals surface area contributed by atoms with Gasteiger partial charge in [0.15, 0.2) is 0 Å². The van der Waals surface area contributed by atoms with Gasteiger partial charge in [-0.05, 0) is 36.4 Å². The number of aromatic nitrogens is 5. The van der Waals surface area contributed by atoms with Gasteiger partial charge in [0, 0.05) is 23.3 Å². The van der Waals surface area contributed by atoms with Gasteiger partial charge in [0.2, 0.25) is 5.28 Å². The zero-order chi connectivity index (χ0) is 16.5. The van der Waals surface area contributed by atoms with Crippen LogP contribution in [0.5, 0.6) is 0 Å². The van der Waals surface area contributed by atoms with Crippen molar-refractivity contribution >= 4 is 22.6 Å². The van der Waals surface area contributed by atoms with Crippen molar-refractivity contribution in [2.75, 3.05) is 0 Å². The summed E-state index contributed by atoms with van der Waals surface area (Å²) in [6.45, 7) is 0. The third-order valence-corrected chi connectivity index (χ3v) is 5.02. The molecule has 1 aliphatic rings. The largest absolute Gasteiger partial charge is 0.346 e. The summed E-state index contributed by atoms with van der Waals surface area (Å²) < 4.78 is 1.93. The number of H-pyrrole nitrogens is 1. The molecule has 0 aromatic carbocycles. The van der Waals surface area contributed by atoms with Gasteiger partial charge in [-0.1, -0.05) is 12.8 Å². The van der Waals surface area contributed by atoms with Gasteiger partial charge in [0.25, 0.3) is 0 Å². The second-order valence-corrected chi connectivity index (χ2v) is 6.60. The van der Waals surface area contributed by atoms with Crippen LogP contribution in [0, 0.1) is 17.2 Å². The van der Waals surface area contributed by atoms with E-state index in [1.54, 1.807) is 6.20 Å². The molecular weight excluding hydrogens is 324 g/mol. The Bertz CT molecular complexity index is 899. The molecule has 0 unspecified atom stereocenters. The fourth-order valence-corrected chi connectivity index (χ4v) is 3.86. The molecule has 6 nitrogen and oxygen atoms in total. The molecule has 0 amide bonds. The van der Waals surface area contributed by atoms with E-state index in [2.05, 4.69) is 26.1 Å². The van der Waals surface area contributed by atoms with E-state index in [0.717, 1.165) is 16.6 Å².